The molecule has 0 aliphatic carbocycles. The normalized spacial score (nSPS) is 16.3. The first kappa shape index (κ1) is 23.1. The molecule has 162 valence electrons. The van der Waals surface area contributed by atoms with Gasteiger partial charge in [0.1, 0.15) is 0 Å². The van der Waals surface area contributed by atoms with E-state index in [2.05, 4.69) is 27.6 Å². The first-order valence-corrected chi connectivity index (χ1v) is 11.4. The van der Waals surface area contributed by atoms with Gasteiger partial charge in [-0.05, 0) is 90.2 Å². The predicted molar refractivity (Wildman–Crippen MR) is 130 cm³/mol. The van der Waals surface area contributed by atoms with Gasteiger partial charge in [-0.25, -0.2) is 9.79 Å². The van der Waals surface area contributed by atoms with E-state index in [0.29, 0.717) is 40.5 Å². The highest BCUT2D eigenvalue weighted by Crippen LogP contribution is 2.37. The van der Waals surface area contributed by atoms with Gasteiger partial charge in [-0.3, -0.25) is 9.69 Å². The number of rotatable bonds is 7. The highest BCUT2D eigenvalue weighted by molar-refractivity contribution is 14.1. The van der Waals surface area contributed by atoms with Crippen molar-refractivity contribution in [2.45, 2.75) is 13.8 Å². The Morgan fingerprint density at radius 3 is 2.65 bits per heavy atom. The molecule has 2 aromatic carbocycles. The molecular formula is C22H21IN2O5S. The van der Waals surface area contributed by atoms with E-state index in [9.17, 15) is 9.59 Å². The average Bonchev–Trinajstić information content (AvgIpc) is 2.99. The van der Waals surface area contributed by atoms with Gasteiger partial charge in [-0.15, -0.1) is 0 Å². The fraction of sp³-hybridized carbons (Fsp3) is 0.227. The number of carbonyl (C=O) groups excluding carboxylic acids is 1. The Hall–Kier alpha value is -2.53. The minimum atomic E-state index is -1.03. The van der Waals surface area contributed by atoms with Crippen LogP contribution < -0.4 is 9.47 Å². The Kier molecular flexibility index (Phi) is 7.60. The summed E-state index contributed by atoms with van der Waals surface area (Å²) in [5.74, 6) is 0.114. The molecule has 1 N–H and O–H groups in total. The van der Waals surface area contributed by atoms with Gasteiger partial charge in [0.25, 0.3) is 5.91 Å². The van der Waals surface area contributed by atoms with Crippen LogP contribution in [0.5, 0.6) is 11.5 Å². The van der Waals surface area contributed by atoms with E-state index in [-0.39, 0.29) is 11.5 Å². The molecule has 1 amide bonds. The van der Waals surface area contributed by atoms with E-state index in [1.54, 1.807) is 25.3 Å². The van der Waals surface area contributed by atoms with E-state index < -0.39 is 5.97 Å². The number of carbonyl (C=O) groups is 2. The van der Waals surface area contributed by atoms with Crippen molar-refractivity contribution >= 4 is 63.2 Å². The molecular weight excluding hydrogens is 531 g/mol. The second-order valence-corrected chi connectivity index (χ2v) is 8.59. The van der Waals surface area contributed by atoms with Crippen molar-refractivity contribution < 1.29 is 24.2 Å². The zero-order valence-corrected chi connectivity index (χ0v) is 20.2. The van der Waals surface area contributed by atoms with Gasteiger partial charge >= 0.3 is 5.97 Å². The van der Waals surface area contributed by atoms with E-state index in [0.717, 1.165) is 9.13 Å². The molecule has 1 heterocycles. The molecule has 1 aliphatic rings. The van der Waals surface area contributed by atoms with Crippen LogP contribution >= 0.6 is 34.4 Å². The number of carboxylic acids is 1. The summed E-state index contributed by atoms with van der Waals surface area (Å²) in [6.07, 6.45) is 1.79. The third-order valence-corrected chi connectivity index (χ3v) is 6.10. The minimum absolute atomic E-state index is 0.141. The highest BCUT2D eigenvalue weighted by Gasteiger charge is 2.30. The van der Waals surface area contributed by atoms with E-state index in [1.165, 1.54) is 28.8 Å². The minimum Gasteiger partial charge on any atom is -0.490 e. The third-order valence-electron chi connectivity index (χ3n) is 4.24. The quantitative estimate of drug-likeness (QED) is 0.384. The maximum absolute atomic E-state index is 12.8. The Balaban J connectivity index is 1.93. The number of hydrogen-bond donors (Lipinski definition) is 1. The predicted octanol–water partition coefficient (Wildman–Crippen LogP) is 5.02. The van der Waals surface area contributed by atoms with E-state index >= 15 is 0 Å². The molecule has 0 unspecified atom stereocenters. The lowest BCUT2D eigenvalue weighted by molar-refractivity contribution is -0.121. The number of amides is 1. The van der Waals surface area contributed by atoms with Gasteiger partial charge in [-0.2, -0.15) is 0 Å². The molecule has 9 heteroatoms. The number of halogens is 1. The number of aromatic carboxylic acids is 1. The summed E-state index contributed by atoms with van der Waals surface area (Å²) in [6.45, 7) is 4.84. The maximum atomic E-state index is 12.8. The van der Waals surface area contributed by atoms with Crippen LogP contribution in [0.3, 0.4) is 0 Å². The molecule has 1 fully saturated rings. The largest absolute Gasteiger partial charge is 0.490 e. The van der Waals surface area contributed by atoms with Gasteiger partial charge in [0.15, 0.2) is 16.7 Å². The van der Waals surface area contributed by atoms with Crippen LogP contribution in [0.15, 0.2) is 46.3 Å². The summed E-state index contributed by atoms with van der Waals surface area (Å²) in [5, 5.41) is 9.64. The molecule has 0 aromatic heterocycles. The second-order valence-electron chi connectivity index (χ2n) is 6.42. The molecule has 2 aromatic rings. The van der Waals surface area contributed by atoms with Gasteiger partial charge < -0.3 is 14.6 Å². The standard InChI is InChI=1S/C22H21IN2O5S/c1-4-29-17-10-13(9-16(23)19(17)30-5-2)11-18-20(26)25(3)22(31-18)24-15-8-6-7-14(12-15)21(27)28/h6-12H,4-5H2,1-3H3,(H,27,28)/b18-11-,24-22?. The highest BCUT2D eigenvalue weighted by atomic mass is 127. The van der Waals surface area contributed by atoms with Crippen LogP contribution in [0.2, 0.25) is 0 Å². The number of nitrogens with zero attached hydrogens (tertiary/aromatic N) is 2. The second kappa shape index (κ2) is 10.2. The molecule has 31 heavy (non-hydrogen) atoms. The fourth-order valence-electron chi connectivity index (χ4n) is 2.84. The topological polar surface area (TPSA) is 88.4 Å². The molecule has 7 nitrogen and oxygen atoms in total. The van der Waals surface area contributed by atoms with Gasteiger partial charge in [0.2, 0.25) is 0 Å². The van der Waals surface area contributed by atoms with Crippen molar-refractivity contribution in [3.8, 4) is 11.5 Å². The third kappa shape index (κ3) is 5.40. The number of ether oxygens (including phenoxy) is 2. The lowest BCUT2D eigenvalue weighted by atomic mass is 10.2. The Morgan fingerprint density at radius 1 is 1.23 bits per heavy atom. The number of likely N-dealkylation sites (N-methyl/N-ethyl adjacent to an activating group) is 1. The number of amidine groups is 1. The molecule has 3 rings (SSSR count). The van der Waals surface area contributed by atoms with Crippen molar-refractivity contribution in [1.82, 2.24) is 4.90 Å². The fourth-order valence-corrected chi connectivity index (χ4v) is 4.61. The smallest absolute Gasteiger partial charge is 0.335 e. The summed E-state index contributed by atoms with van der Waals surface area (Å²) in [5.41, 5.74) is 1.43. The average molecular weight is 552 g/mol. The first-order valence-electron chi connectivity index (χ1n) is 9.52. The summed E-state index contributed by atoms with van der Waals surface area (Å²) < 4.78 is 12.3. The molecule has 0 saturated carbocycles. The van der Waals surface area contributed by atoms with Crippen LogP contribution in [0, 0.1) is 3.57 Å². The van der Waals surface area contributed by atoms with Crippen molar-refractivity contribution in [1.29, 1.82) is 0 Å². The summed E-state index contributed by atoms with van der Waals surface area (Å²) in [4.78, 5) is 30.4. The SMILES string of the molecule is CCOc1cc(/C=C2\SC(=Nc3cccc(C(=O)O)c3)N(C)C2=O)cc(I)c1OCC. The lowest BCUT2D eigenvalue weighted by Crippen LogP contribution is -2.23. The summed E-state index contributed by atoms with van der Waals surface area (Å²) in [6, 6.07) is 10.1. The number of benzene rings is 2. The van der Waals surface area contributed by atoms with Crippen LogP contribution in [-0.4, -0.2) is 47.3 Å². The zero-order chi connectivity index (χ0) is 22.5. The van der Waals surface area contributed by atoms with Crippen LogP contribution in [0.4, 0.5) is 5.69 Å². The monoisotopic (exact) mass is 552 g/mol. The van der Waals surface area contributed by atoms with Gasteiger partial charge in [-0.1, -0.05) is 6.07 Å². The molecule has 1 aliphatic heterocycles. The Bertz CT molecular complexity index is 1080. The van der Waals surface area contributed by atoms with Crippen LogP contribution in [0.1, 0.15) is 29.8 Å². The van der Waals surface area contributed by atoms with Crippen molar-refractivity contribution in [3.63, 3.8) is 0 Å². The van der Waals surface area contributed by atoms with Crippen LogP contribution in [0.25, 0.3) is 6.08 Å². The van der Waals surface area contributed by atoms with Gasteiger partial charge in [0.05, 0.1) is 32.9 Å². The van der Waals surface area contributed by atoms with Crippen LogP contribution in [-0.2, 0) is 4.79 Å². The number of carboxylic acid groups (broad SMARTS) is 1. The molecule has 0 bridgehead atoms. The van der Waals surface area contributed by atoms with Crippen molar-refractivity contribution in [3.05, 3.63) is 56.0 Å². The summed E-state index contributed by atoms with van der Waals surface area (Å²) >= 11 is 3.43. The number of thioether (sulfide) groups is 1. The molecule has 0 radical (unpaired) electrons. The van der Waals surface area contributed by atoms with Gasteiger partial charge in [0, 0.05) is 7.05 Å². The molecule has 1 saturated heterocycles. The Labute approximate surface area is 198 Å². The van der Waals surface area contributed by atoms with E-state index in [1.807, 2.05) is 26.0 Å². The number of hydrogen-bond acceptors (Lipinski definition) is 6. The number of aliphatic imine (C=N–C) groups is 1. The maximum Gasteiger partial charge on any atom is 0.335 e. The zero-order valence-electron chi connectivity index (χ0n) is 17.2. The van der Waals surface area contributed by atoms with Crippen molar-refractivity contribution in [2.75, 3.05) is 20.3 Å². The Morgan fingerprint density at radius 2 is 1.97 bits per heavy atom. The van der Waals surface area contributed by atoms with E-state index in [4.69, 9.17) is 14.6 Å². The van der Waals surface area contributed by atoms with Crippen molar-refractivity contribution in [2.24, 2.45) is 4.99 Å². The molecule has 0 spiro atoms. The molecule has 0 atom stereocenters. The lowest BCUT2D eigenvalue weighted by Gasteiger charge is -2.13. The summed E-state index contributed by atoms with van der Waals surface area (Å²) in [7, 11) is 1.64. The first-order chi connectivity index (χ1) is 14.8.